The second kappa shape index (κ2) is 7.41. The van der Waals surface area contributed by atoms with Crippen LogP contribution < -0.4 is 5.43 Å². The maximum Gasteiger partial charge on any atom is 0.269 e. The zero-order valence-electron chi connectivity index (χ0n) is 14.3. The zero-order valence-corrected chi connectivity index (χ0v) is 15.1. The van der Waals surface area contributed by atoms with Crippen molar-refractivity contribution in [2.45, 2.75) is 13.8 Å². The van der Waals surface area contributed by atoms with Gasteiger partial charge in [0.05, 0.1) is 16.8 Å². The van der Waals surface area contributed by atoms with Gasteiger partial charge >= 0.3 is 0 Å². The van der Waals surface area contributed by atoms with E-state index in [1.165, 1.54) is 12.1 Å². The van der Waals surface area contributed by atoms with Crippen LogP contribution in [-0.4, -0.2) is 15.7 Å². The van der Waals surface area contributed by atoms with E-state index in [4.69, 9.17) is 11.6 Å². The first-order chi connectivity index (χ1) is 12.5. The van der Waals surface area contributed by atoms with E-state index in [0.29, 0.717) is 10.7 Å². The van der Waals surface area contributed by atoms with Gasteiger partial charge in [0.25, 0.3) is 5.69 Å². The number of hydrogen-bond acceptors (Lipinski definition) is 4. The van der Waals surface area contributed by atoms with Gasteiger partial charge in [-0.3, -0.25) is 15.5 Å². The lowest BCUT2D eigenvalue weighted by atomic mass is 10.2. The van der Waals surface area contributed by atoms with Crippen LogP contribution in [0.1, 0.15) is 17.0 Å². The van der Waals surface area contributed by atoms with Crippen LogP contribution in [0.4, 0.5) is 11.4 Å². The van der Waals surface area contributed by atoms with E-state index < -0.39 is 4.92 Å². The van der Waals surface area contributed by atoms with Gasteiger partial charge in [-0.05, 0) is 56.3 Å². The fraction of sp³-hybridized carbons (Fsp3) is 0.105. The third-order valence-corrected chi connectivity index (χ3v) is 4.28. The molecule has 132 valence electrons. The summed E-state index contributed by atoms with van der Waals surface area (Å²) in [5.74, 6) is 0. The molecular formula is C19H17ClN4O2. The number of anilines is 1. The number of hydrogen-bond donors (Lipinski definition) is 1. The van der Waals surface area contributed by atoms with Gasteiger partial charge in [-0.25, -0.2) is 0 Å². The number of aromatic nitrogens is 1. The number of nitro groups is 1. The molecule has 1 aromatic heterocycles. The molecule has 3 aromatic rings. The first-order valence-electron chi connectivity index (χ1n) is 7.94. The molecule has 0 saturated heterocycles. The van der Waals surface area contributed by atoms with Crippen LogP contribution in [0.3, 0.4) is 0 Å². The molecule has 0 bridgehead atoms. The molecule has 2 aromatic carbocycles. The molecule has 1 N–H and O–H groups in total. The van der Waals surface area contributed by atoms with E-state index in [9.17, 15) is 10.1 Å². The van der Waals surface area contributed by atoms with Crippen LogP contribution in [-0.2, 0) is 0 Å². The number of nitrogens with one attached hydrogen (secondary N) is 1. The highest BCUT2D eigenvalue weighted by Gasteiger charge is 2.09. The van der Waals surface area contributed by atoms with Crippen LogP contribution in [0, 0.1) is 24.0 Å². The van der Waals surface area contributed by atoms with Gasteiger partial charge in [-0.15, -0.1) is 0 Å². The monoisotopic (exact) mass is 368 g/mol. The second-order valence-corrected chi connectivity index (χ2v) is 6.25. The molecule has 26 heavy (non-hydrogen) atoms. The van der Waals surface area contributed by atoms with Crippen molar-refractivity contribution in [2.24, 2.45) is 5.10 Å². The SMILES string of the molecule is Cc1cc(/C=N\Nc2ccc([N+](=O)[O-])cc2)c(C)n1-c1ccc(Cl)cc1. The lowest BCUT2D eigenvalue weighted by Gasteiger charge is -2.09. The Kier molecular flexibility index (Phi) is 5.04. The van der Waals surface area contributed by atoms with Crippen molar-refractivity contribution < 1.29 is 4.92 Å². The highest BCUT2D eigenvalue weighted by Crippen LogP contribution is 2.21. The molecule has 0 unspecified atom stereocenters. The molecular weight excluding hydrogens is 352 g/mol. The maximum absolute atomic E-state index is 10.7. The molecule has 0 atom stereocenters. The van der Waals surface area contributed by atoms with Gasteiger partial charge in [0, 0.05) is 39.8 Å². The van der Waals surface area contributed by atoms with E-state index in [0.717, 1.165) is 22.6 Å². The second-order valence-electron chi connectivity index (χ2n) is 5.81. The lowest BCUT2D eigenvalue weighted by molar-refractivity contribution is -0.384. The normalized spacial score (nSPS) is 11.0. The fourth-order valence-corrected chi connectivity index (χ4v) is 2.87. The van der Waals surface area contributed by atoms with Crippen LogP contribution in [0.5, 0.6) is 0 Å². The number of rotatable bonds is 5. The highest BCUT2D eigenvalue weighted by molar-refractivity contribution is 6.30. The van der Waals surface area contributed by atoms with Gasteiger partial charge < -0.3 is 4.57 Å². The summed E-state index contributed by atoms with van der Waals surface area (Å²) in [6.45, 7) is 4.05. The molecule has 7 heteroatoms. The Labute approximate surface area is 155 Å². The van der Waals surface area contributed by atoms with E-state index in [1.807, 2.05) is 44.2 Å². The third kappa shape index (κ3) is 3.75. The summed E-state index contributed by atoms with van der Waals surface area (Å²) in [5, 5.41) is 15.6. The third-order valence-electron chi connectivity index (χ3n) is 4.03. The summed E-state index contributed by atoms with van der Waals surface area (Å²) < 4.78 is 2.13. The van der Waals surface area contributed by atoms with E-state index in [1.54, 1.807) is 18.3 Å². The molecule has 0 aliphatic heterocycles. The summed E-state index contributed by atoms with van der Waals surface area (Å²) in [6.07, 6.45) is 1.73. The Bertz CT molecular complexity index is 960. The first-order valence-corrected chi connectivity index (χ1v) is 8.32. The van der Waals surface area contributed by atoms with Gasteiger partial charge in [0.15, 0.2) is 0 Å². The van der Waals surface area contributed by atoms with Crippen LogP contribution in [0.2, 0.25) is 5.02 Å². The molecule has 0 aliphatic rings. The van der Waals surface area contributed by atoms with Crippen molar-refractivity contribution >= 4 is 29.2 Å². The number of nitrogens with zero attached hydrogens (tertiary/aromatic N) is 3. The summed E-state index contributed by atoms with van der Waals surface area (Å²) >= 11 is 5.96. The standard InChI is InChI=1S/C19H17ClN4O2/c1-13-11-15(14(2)23(13)18-7-3-16(20)4-8-18)12-21-22-17-5-9-19(10-6-17)24(25)26/h3-12,22H,1-2H3/b21-12-. The average Bonchev–Trinajstić information content (AvgIpc) is 2.90. The number of nitro benzene ring substituents is 1. The number of hydrazone groups is 1. The molecule has 1 heterocycles. The molecule has 0 aliphatic carbocycles. The maximum atomic E-state index is 10.7. The quantitative estimate of drug-likeness (QED) is 0.386. The lowest BCUT2D eigenvalue weighted by Crippen LogP contribution is -1.99. The minimum Gasteiger partial charge on any atom is -0.318 e. The van der Waals surface area contributed by atoms with Gasteiger partial charge in [0.1, 0.15) is 0 Å². The van der Waals surface area contributed by atoms with Crippen molar-refractivity contribution in [1.82, 2.24) is 4.57 Å². The van der Waals surface area contributed by atoms with Crippen molar-refractivity contribution in [3.63, 3.8) is 0 Å². The van der Waals surface area contributed by atoms with E-state index in [-0.39, 0.29) is 5.69 Å². The fourth-order valence-electron chi connectivity index (χ4n) is 2.74. The summed E-state index contributed by atoms with van der Waals surface area (Å²) in [7, 11) is 0. The van der Waals surface area contributed by atoms with Crippen LogP contribution in [0.15, 0.2) is 59.7 Å². The van der Waals surface area contributed by atoms with Gasteiger partial charge in [-0.1, -0.05) is 11.6 Å². The van der Waals surface area contributed by atoms with Crippen LogP contribution >= 0.6 is 11.6 Å². The molecule has 0 radical (unpaired) electrons. The van der Waals surface area contributed by atoms with Crippen molar-refractivity contribution in [1.29, 1.82) is 0 Å². The average molecular weight is 369 g/mol. The zero-order chi connectivity index (χ0) is 18.7. The molecule has 3 rings (SSSR count). The minimum absolute atomic E-state index is 0.0473. The predicted octanol–water partition coefficient (Wildman–Crippen LogP) is 5.10. The van der Waals surface area contributed by atoms with Crippen molar-refractivity contribution in [3.8, 4) is 5.69 Å². The Balaban J connectivity index is 1.78. The predicted molar refractivity (Wildman–Crippen MR) is 105 cm³/mol. The first kappa shape index (κ1) is 17.7. The van der Waals surface area contributed by atoms with Crippen molar-refractivity contribution in [3.05, 3.63) is 86.7 Å². The number of halogens is 1. The summed E-state index contributed by atoms with van der Waals surface area (Å²) in [6, 6.07) is 15.8. The highest BCUT2D eigenvalue weighted by atomic mass is 35.5. The number of non-ortho nitro benzene ring substituents is 1. The number of aryl methyl sites for hydroxylation is 1. The van der Waals surface area contributed by atoms with Crippen LogP contribution in [0.25, 0.3) is 5.69 Å². The summed E-state index contributed by atoms with van der Waals surface area (Å²) in [5.41, 5.74) is 7.76. The van der Waals surface area contributed by atoms with Gasteiger partial charge in [0.2, 0.25) is 0 Å². The Morgan fingerprint density at radius 2 is 1.77 bits per heavy atom. The summed E-state index contributed by atoms with van der Waals surface area (Å²) in [4.78, 5) is 10.2. The van der Waals surface area contributed by atoms with Crippen molar-refractivity contribution in [2.75, 3.05) is 5.43 Å². The Morgan fingerprint density at radius 1 is 1.12 bits per heavy atom. The molecule has 0 spiro atoms. The topological polar surface area (TPSA) is 72.5 Å². The number of benzene rings is 2. The van der Waals surface area contributed by atoms with Gasteiger partial charge in [-0.2, -0.15) is 5.10 Å². The molecule has 0 amide bonds. The Morgan fingerprint density at radius 3 is 2.38 bits per heavy atom. The molecule has 6 nitrogen and oxygen atoms in total. The largest absolute Gasteiger partial charge is 0.318 e. The molecule has 0 fully saturated rings. The minimum atomic E-state index is -0.432. The Hall–Kier alpha value is -3.12. The van der Waals surface area contributed by atoms with E-state index in [2.05, 4.69) is 15.1 Å². The van der Waals surface area contributed by atoms with E-state index >= 15 is 0 Å². The molecule has 0 saturated carbocycles. The smallest absolute Gasteiger partial charge is 0.269 e.